The number of likely N-dealkylation sites (N-methyl/N-ethyl adjacent to an activating group) is 1. The molecule has 0 aliphatic heterocycles. The first-order valence-corrected chi connectivity index (χ1v) is 4.36. The fourth-order valence-electron chi connectivity index (χ4n) is 0.951. The SMILES string of the molecule is CN(C/C=C/CF)C(=O)C(C)(C)C. The van der Waals surface area contributed by atoms with E-state index in [1.165, 1.54) is 6.08 Å². The minimum absolute atomic E-state index is 0.0657. The highest BCUT2D eigenvalue weighted by Gasteiger charge is 2.23. The second kappa shape index (κ2) is 5.00. The van der Waals surface area contributed by atoms with Crippen LogP contribution in [0.2, 0.25) is 0 Å². The van der Waals surface area contributed by atoms with Crippen molar-refractivity contribution in [2.24, 2.45) is 5.41 Å². The molecule has 0 saturated carbocycles. The fourth-order valence-corrected chi connectivity index (χ4v) is 0.951. The minimum Gasteiger partial charge on any atom is -0.342 e. The molecule has 3 heteroatoms. The molecule has 0 aromatic heterocycles. The van der Waals surface area contributed by atoms with Crippen molar-refractivity contribution >= 4 is 5.91 Å². The number of nitrogens with zero attached hydrogens (tertiary/aromatic N) is 1. The number of halogens is 1. The molecule has 0 unspecified atom stereocenters. The number of rotatable bonds is 3. The molecule has 76 valence electrons. The summed E-state index contributed by atoms with van der Waals surface area (Å²) in [7, 11) is 1.72. The molecule has 0 saturated heterocycles. The Morgan fingerprint density at radius 1 is 1.38 bits per heavy atom. The van der Waals surface area contributed by atoms with E-state index in [1.54, 1.807) is 18.0 Å². The molecule has 0 bridgehead atoms. The molecule has 0 aromatic carbocycles. The minimum atomic E-state index is -0.475. The Morgan fingerprint density at radius 3 is 2.31 bits per heavy atom. The van der Waals surface area contributed by atoms with Crippen molar-refractivity contribution in [3.05, 3.63) is 12.2 Å². The van der Waals surface area contributed by atoms with Crippen molar-refractivity contribution in [1.82, 2.24) is 4.90 Å². The van der Waals surface area contributed by atoms with E-state index in [-0.39, 0.29) is 11.3 Å². The van der Waals surface area contributed by atoms with Crippen LogP contribution in [0.5, 0.6) is 0 Å². The average Bonchev–Trinajstić information content (AvgIpc) is 2.01. The summed E-state index contributed by atoms with van der Waals surface area (Å²) in [5, 5.41) is 0. The highest BCUT2D eigenvalue weighted by atomic mass is 19.1. The Kier molecular flexibility index (Phi) is 4.67. The maximum atomic E-state index is 11.7. The highest BCUT2D eigenvalue weighted by molar-refractivity contribution is 5.81. The second-order valence-electron chi connectivity index (χ2n) is 4.06. The van der Waals surface area contributed by atoms with Gasteiger partial charge in [-0.15, -0.1) is 0 Å². The molecule has 0 atom stereocenters. The van der Waals surface area contributed by atoms with Crippen molar-refractivity contribution in [3.8, 4) is 0 Å². The molecule has 0 aliphatic carbocycles. The quantitative estimate of drug-likeness (QED) is 0.619. The Morgan fingerprint density at radius 2 is 1.92 bits per heavy atom. The number of alkyl halides is 1. The Balaban J connectivity index is 4.05. The van der Waals surface area contributed by atoms with Gasteiger partial charge in [-0.25, -0.2) is 4.39 Å². The van der Waals surface area contributed by atoms with E-state index < -0.39 is 6.67 Å². The zero-order valence-corrected chi connectivity index (χ0v) is 8.80. The monoisotopic (exact) mass is 187 g/mol. The smallest absolute Gasteiger partial charge is 0.227 e. The van der Waals surface area contributed by atoms with E-state index in [1.807, 2.05) is 20.8 Å². The Labute approximate surface area is 79.4 Å². The van der Waals surface area contributed by atoms with Crippen LogP contribution in [0.25, 0.3) is 0 Å². The van der Waals surface area contributed by atoms with E-state index in [0.717, 1.165) is 0 Å². The van der Waals surface area contributed by atoms with Gasteiger partial charge in [0, 0.05) is 19.0 Å². The molecule has 0 heterocycles. The molecule has 0 fully saturated rings. The van der Waals surface area contributed by atoms with Crippen molar-refractivity contribution < 1.29 is 9.18 Å². The first kappa shape index (κ1) is 12.1. The largest absolute Gasteiger partial charge is 0.342 e. The van der Waals surface area contributed by atoms with Gasteiger partial charge in [0.1, 0.15) is 6.67 Å². The second-order valence-corrected chi connectivity index (χ2v) is 4.06. The van der Waals surface area contributed by atoms with Crippen LogP contribution >= 0.6 is 0 Å². The van der Waals surface area contributed by atoms with E-state index in [4.69, 9.17) is 0 Å². The van der Waals surface area contributed by atoms with Crippen molar-refractivity contribution in [1.29, 1.82) is 0 Å². The molecule has 0 spiro atoms. The summed E-state index contributed by atoms with van der Waals surface area (Å²) in [6.07, 6.45) is 3.07. The lowest BCUT2D eigenvalue weighted by Gasteiger charge is -2.24. The van der Waals surface area contributed by atoms with E-state index >= 15 is 0 Å². The summed E-state index contributed by atoms with van der Waals surface area (Å²) in [6, 6.07) is 0. The van der Waals surface area contributed by atoms with Gasteiger partial charge in [-0.05, 0) is 0 Å². The summed E-state index contributed by atoms with van der Waals surface area (Å²) < 4.78 is 11.7. The van der Waals surface area contributed by atoms with E-state index in [2.05, 4.69) is 0 Å². The van der Waals surface area contributed by atoms with Gasteiger partial charge < -0.3 is 4.90 Å². The number of hydrogen-bond acceptors (Lipinski definition) is 1. The molecule has 0 aromatic rings. The molecular formula is C10H18FNO. The molecule has 0 rings (SSSR count). The van der Waals surface area contributed by atoms with Gasteiger partial charge in [-0.1, -0.05) is 32.9 Å². The van der Waals surface area contributed by atoms with Gasteiger partial charge in [0.15, 0.2) is 0 Å². The highest BCUT2D eigenvalue weighted by Crippen LogP contribution is 2.15. The van der Waals surface area contributed by atoms with Gasteiger partial charge in [-0.3, -0.25) is 4.79 Å². The van der Waals surface area contributed by atoms with Crippen LogP contribution in [0, 0.1) is 5.41 Å². The zero-order valence-electron chi connectivity index (χ0n) is 8.80. The molecule has 1 amide bonds. The predicted octanol–water partition coefficient (Wildman–Crippen LogP) is 2.02. The summed E-state index contributed by atoms with van der Waals surface area (Å²) in [6.45, 7) is 5.59. The third kappa shape index (κ3) is 4.65. The van der Waals surface area contributed by atoms with Crippen LogP contribution < -0.4 is 0 Å². The Hall–Kier alpha value is -0.860. The lowest BCUT2D eigenvalue weighted by molar-refractivity contribution is -0.137. The van der Waals surface area contributed by atoms with Crippen molar-refractivity contribution in [2.45, 2.75) is 20.8 Å². The summed E-state index contributed by atoms with van der Waals surface area (Å²) in [4.78, 5) is 13.1. The van der Waals surface area contributed by atoms with Crippen LogP contribution in [0.4, 0.5) is 4.39 Å². The number of carbonyl (C=O) groups is 1. The molecule has 13 heavy (non-hydrogen) atoms. The van der Waals surface area contributed by atoms with E-state index in [9.17, 15) is 9.18 Å². The lowest BCUT2D eigenvalue weighted by atomic mass is 9.95. The standard InChI is InChI=1S/C10H18FNO/c1-10(2,3)9(13)12(4)8-6-5-7-11/h5-6H,7-8H2,1-4H3/b6-5+. The normalized spacial score (nSPS) is 12.1. The fraction of sp³-hybridized carbons (Fsp3) is 0.700. The van der Waals surface area contributed by atoms with Crippen LogP contribution in [0.15, 0.2) is 12.2 Å². The number of hydrogen-bond donors (Lipinski definition) is 0. The average molecular weight is 187 g/mol. The number of allylic oxidation sites excluding steroid dienone is 1. The van der Waals surface area contributed by atoms with Gasteiger partial charge in [0.05, 0.1) is 0 Å². The molecular weight excluding hydrogens is 169 g/mol. The zero-order chi connectivity index (χ0) is 10.5. The van der Waals surface area contributed by atoms with Crippen LogP contribution in [0.3, 0.4) is 0 Å². The van der Waals surface area contributed by atoms with Gasteiger partial charge >= 0.3 is 0 Å². The van der Waals surface area contributed by atoms with Crippen molar-refractivity contribution in [3.63, 3.8) is 0 Å². The van der Waals surface area contributed by atoms with Gasteiger partial charge in [0.2, 0.25) is 5.91 Å². The molecule has 0 N–H and O–H groups in total. The third-order valence-electron chi connectivity index (χ3n) is 1.62. The van der Waals surface area contributed by atoms with E-state index in [0.29, 0.717) is 6.54 Å². The van der Waals surface area contributed by atoms with Crippen LogP contribution in [-0.2, 0) is 4.79 Å². The first-order chi connectivity index (χ1) is 5.89. The van der Waals surface area contributed by atoms with Crippen molar-refractivity contribution in [2.75, 3.05) is 20.3 Å². The Bertz CT molecular complexity index is 194. The summed E-state index contributed by atoms with van der Waals surface area (Å²) >= 11 is 0. The summed E-state index contributed by atoms with van der Waals surface area (Å²) in [5.41, 5.74) is -0.363. The third-order valence-corrected chi connectivity index (χ3v) is 1.62. The predicted molar refractivity (Wildman–Crippen MR) is 52.2 cm³/mol. The molecule has 0 radical (unpaired) electrons. The molecule has 0 aliphatic rings. The molecule has 2 nitrogen and oxygen atoms in total. The van der Waals surface area contributed by atoms with Gasteiger partial charge in [0.25, 0.3) is 0 Å². The number of amides is 1. The lowest BCUT2D eigenvalue weighted by Crippen LogP contribution is -2.36. The maximum Gasteiger partial charge on any atom is 0.227 e. The maximum absolute atomic E-state index is 11.7. The topological polar surface area (TPSA) is 20.3 Å². The van der Waals surface area contributed by atoms with Gasteiger partial charge in [-0.2, -0.15) is 0 Å². The van der Waals surface area contributed by atoms with Crippen LogP contribution in [0.1, 0.15) is 20.8 Å². The van der Waals surface area contributed by atoms with Crippen LogP contribution in [-0.4, -0.2) is 31.1 Å². The summed E-state index contributed by atoms with van der Waals surface area (Å²) in [5.74, 6) is 0.0657. The first-order valence-electron chi connectivity index (χ1n) is 4.36. The number of carbonyl (C=O) groups excluding carboxylic acids is 1.